The van der Waals surface area contributed by atoms with E-state index in [1.54, 1.807) is 18.2 Å². The Bertz CT molecular complexity index is 866. The SMILES string of the molecule is Nc1cc(Cl)c(Cc2n[nH]c(=O)c3ccccc23)c(Cl)c1. The quantitative estimate of drug-likeness (QED) is 0.711. The molecule has 4 nitrogen and oxygen atoms in total. The lowest BCUT2D eigenvalue weighted by molar-refractivity contribution is 0.934. The summed E-state index contributed by atoms with van der Waals surface area (Å²) >= 11 is 12.4. The summed E-state index contributed by atoms with van der Waals surface area (Å²) in [6.07, 6.45) is 0.412. The maximum atomic E-state index is 11.8. The first-order chi connectivity index (χ1) is 10.1. The smallest absolute Gasteiger partial charge is 0.272 e. The van der Waals surface area contributed by atoms with E-state index in [0.717, 1.165) is 10.9 Å². The number of nitrogen functional groups attached to an aromatic ring is 1. The molecule has 6 heteroatoms. The number of fused-ring (bicyclic) bond motifs is 1. The Morgan fingerprint density at radius 2 is 1.71 bits per heavy atom. The van der Waals surface area contributed by atoms with Gasteiger partial charge in [0.15, 0.2) is 0 Å². The van der Waals surface area contributed by atoms with Crippen molar-refractivity contribution in [1.82, 2.24) is 10.2 Å². The van der Waals surface area contributed by atoms with Crippen LogP contribution in [0.1, 0.15) is 11.3 Å². The molecule has 0 spiro atoms. The van der Waals surface area contributed by atoms with E-state index in [1.807, 2.05) is 18.2 Å². The van der Waals surface area contributed by atoms with Crippen LogP contribution in [0.3, 0.4) is 0 Å². The standard InChI is InChI=1S/C15H11Cl2N3O/c16-12-5-8(18)6-13(17)11(12)7-14-9-3-1-2-4-10(9)15(21)20-19-14/h1-6H,7,18H2,(H,20,21). The summed E-state index contributed by atoms with van der Waals surface area (Å²) in [4.78, 5) is 11.8. The van der Waals surface area contributed by atoms with Gasteiger partial charge in [-0.1, -0.05) is 41.4 Å². The molecule has 106 valence electrons. The second-order valence-electron chi connectivity index (χ2n) is 4.68. The number of benzene rings is 2. The molecule has 0 saturated carbocycles. The van der Waals surface area contributed by atoms with Crippen molar-refractivity contribution in [2.45, 2.75) is 6.42 Å². The number of halogens is 2. The molecular formula is C15H11Cl2N3O. The molecule has 21 heavy (non-hydrogen) atoms. The van der Waals surface area contributed by atoms with Gasteiger partial charge in [0.2, 0.25) is 0 Å². The highest BCUT2D eigenvalue weighted by Gasteiger charge is 2.12. The van der Waals surface area contributed by atoms with Crippen LogP contribution in [0, 0.1) is 0 Å². The normalized spacial score (nSPS) is 11.0. The van der Waals surface area contributed by atoms with E-state index in [9.17, 15) is 4.79 Å². The summed E-state index contributed by atoms with van der Waals surface area (Å²) in [5.41, 5.74) is 7.43. The van der Waals surface area contributed by atoms with Crippen LogP contribution in [0.25, 0.3) is 10.8 Å². The first-order valence-corrected chi connectivity index (χ1v) is 7.01. The third-order valence-corrected chi connectivity index (χ3v) is 3.96. The van der Waals surface area contributed by atoms with Crippen molar-refractivity contribution in [1.29, 1.82) is 0 Å². The first kappa shape index (κ1) is 13.9. The number of nitrogens with one attached hydrogen (secondary N) is 1. The number of hydrogen-bond acceptors (Lipinski definition) is 3. The Balaban J connectivity index is 2.16. The van der Waals surface area contributed by atoms with Gasteiger partial charge in [0.25, 0.3) is 5.56 Å². The van der Waals surface area contributed by atoms with Gasteiger partial charge in [0.1, 0.15) is 0 Å². The average Bonchev–Trinajstić information content (AvgIpc) is 2.45. The third-order valence-electron chi connectivity index (χ3n) is 3.28. The van der Waals surface area contributed by atoms with Gasteiger partial charge < -0.3 is 5.73 Å². The summed E-state index contributed by atoms with van der Waals surface area (Å²) in [6, 6.07) is 10.6. The highest BCUT2D eigenvalue weighted by atomic mass is 35.5. The molecule has 0 aliphatic rings. The van der Waals surface area contributed by atoms with Crippen molar-refractivity contribution < 1.29 is 0 Å². The fourth-order valence-electron chi connectivity index (χ4n) is 2.27. The maximum absolute atomic E-state index is 11.8. The van der Waals surface area contributed by atoms with Gasteiger partial charge in [0, 0.05) is 27.5 Å². The Morgan fingerprint density at radius 1 is 1.10 bits per heavy atom. The van der Waals surface area contributed by atoms with E-state index in [1.165, 1.54) is 0 Å². The highest BCUT2D eigenvalue weighted by Crippen LogP contribution is 2.30. The van der Waals surface area contributed by atoms with Crippen molar-refractivity contribution in [3.05, 3.63) is 68.1 Å². The van der Waals surface area contributed by atoms with E-state index in [2.05, 4.69) is 10.2 Å². The van der Waals surface area contributed by atoms with E-state index in [-0.39, 0.29) is 5.56 Å². The second-order valence-corrected chi connectivity index (χ2v) is 5.50. The number of H-pyrrole nitrogens is 1. The molecule has 2 aromatic carbocycles. The molecule has 1 aromatic heterocycles. The van der Waals surface area contributed by atoms with Crippen molar-refractivity contribution in [2.75, 3.05) is 5.73 Å². The molecule has 0 aliphatic heterocycles. The molecule has 3 N–H and O–H groups in total. The average molecular weight is 320 g/mol. The Kier molecular flexibility index (Phi) is 3.57. The minimum atomic E-state index is -0.219. The first-order valence-electron chi connectivity index (χ1n) is 6.26. The molecule has 1 heterocycles. The molecule has 0 amide bonds. The minimum absolute atomic E-state index is 0.219. The number of rotatable bonds is 2. The van der Waals surface area contributed by atoms with Crippen LogP contribution >= 0.6 is 23.2 Å². The molecule has 0 aliphatic carbocycles. The summed E-state index contributed by atoms with van der Waals surface area (Å²) < 4.78 is 0. The molecular weight excluding hydrogens is 309 g/mol. The number of anilines is 1. The van der Waals surface area contributed by atoms with Gasteiger partial charge in [-0.05, 0) is 23.8 Å². The zero-order valence-corrected chi connectivity index (χ0v) is 12.4. The fraction of sp³-hybridized carbons (Fsp3) is 0.0667. The van der Waals surface area contributed by atoms with Crippen LogP contribution < -0.4 is 11.3 Å². The predicted molar refractivity (Wildman–Crippen MR) is 86.0 cm³/mol. The van der Waals surface area contributed by atoms with Crippen LogP contribution in [0.2, 0.25) is 10.0 Å². The summed E-state index contributed by atoms with van der Waals surface area (Å²) in [5.74, 6) is 0. The van der Waals surface area contributed by atoms with Gasteiger partial charge in [-0.2, -0.15) is 5.10 Å². The van der Waals surface area contributed by atoms with Crippen LogP contribution in [0.5, 0.6) is 0 Å². The second kappa shape index (κ2) is 5.39. The molecule has 0 unspecified atom stereocenters. The third kappa shape index (κ3) is 2.60. The number of hydrogen-bond donors (Lipinski definition) is 2. The summed E-state index contributed by atoms with van der Waals surface area (Å²) in [7, 11) is 0. The van der Waals surface area contributed by atoms with Gasteiger partial charge in [0.05, 0.1) is 11.1 Å². The van der Waals surface area contributed by atoms with Crippen LogP contribution in [0.15, 0.2) is 41.2 Å². The molecule has 0 radical (unpaired) electrons. The fourth-order valence-corrected chi connectivity index (χ4v) is 2.90. The molecule has 0 fully saturated rings. The predicted octanol–water partition coefficient (Wildman–Crippen LogP) is 3.40. The van der Waals surface area contributed by atoms with Gasteiger partial charge >= 0.3 is 0 Å². The number of aromatic nitrogens is 2. The van der Waals surface area contributed by atoms with Crippen LogP contribution in [-0.2, 0) is 6.42 Å². The van der Waals surface area contributed by atoms with E-state index < -0.39 is 0 Å². The maximum Gasteiger partial charge on any atom is 0.272 e. The van der Waals surface area contributed by atoms with E-state index in [4.69, 9.17) is 28.9 Å². The van der Waals surface area contributed by atoms with Crippen LogP contribution in [0.4, 0.5) is 5.69 Å². The number of aromatic amines is 1. The van der Waals surface area contributed by atoms with Crippen molar-refractivity contribution >= 4 is 39.7 Å². The summed E-state index contributed by atoms with van der Waals surface area (Å²) in [6.45, 7) is 0. The molecule has 3 rings (SSSR count). The zero-order chi connectivity index (χ0) is 15.0. The Morgan fingerprint density at radius 3 is 2.38 bits per heavy atom. The summed E-state index contributed by atoms with van der Waals surface area (Å²) in [5, 5.41) is 8.95. The van der Waals surface area contributed by atoms with E-state index in [0.29, 0.717) is 33.2 Å². The van der Waals surface area contributed by atoms with Crippen molar-refractivity contribution in [3.8, 4) is 0 Å². The lowest BCUT2D eigenvalue weighted by Crippen LogP contribution is -2.11. The van der Waals surface area contributed by atoms with Crippen molar-refractivity contribution in [3.63, 3.8) is 0 Å². The van der Waals surface area contributed by atoms with E-state index >= 15 is 0 Å². The van der Waals surface area contributed by atoms with Crippen LogP contribution in [-0.4, -0.2) is 10.2 Å². The number of nitrogens with zero attached hydrogens (tertiary/aromatic N) is 1. The van der Waals surface area contributed by atoms with Gasteiger partial charge in [-0.15, -0.1) is 0 Å². The monoisotopic (exact) mass is 319 g/mol. The lowest BCUT2D eigenvalue weighted by atomic mass is 10.0. The Labute approximate surface area is 130 Å². The van der Waals surface area contributed by atoms with Crippen molar-refractivity contribution in [2.24, 2.45) is 0 Å². The highest BCUT2D eigenvalue weighted by molar-refractivity contribution is 6.36. The lowest BCUT2D eigenvalue weighted by Gasteiger charge is -2.09. The topological polar surface area (TPSA) is 71.8 Å². The molecule has 0 saturated heterocycles. The van der Waals surface area contributed by atoms with Gasteiger partial charge in [-0.3, -0.25) is 4.79 Å². The Hall–Kier alpha value is -2.04. The largest absolute Gasteiger partial charge is 0.399 e. The molecule has 0 atom stereocenters. The zero-order valence-electron chi connectivity index (χ0n) is 10.9. The molecule has 3 aromatic rings. The minimum Gasteiger partial charge on any atom is -0.399 e. The van der Waals surface area contributed by atoms with Gasteiger partial charge in [-0.25, -0.2) is 5.10 Å². The number of nitrogens with two attached hydrogens (primary N) is 1. The molecule has 0 bridgehead atoms.